The molecule has 0 radical (unpaired) electrons. The summed E-state index contributed by atoms with van der Waals surface area (Å²) in [5.74, 6) is -0.777. The first-order valence-electron chi connectivity index (χ1n) is 6.78. The fourth-order valence-corrected chi connectivity index (χ4v) is 2.13. The maximum Gasteiger partial charge on any atom is 0.305 e. The van der Waals surface area contributed by atoms with Crippen molar-refractivity contribution < 1.29 is 9.90 Å². The molecular weight excluding hydrogens is 276 g/mol. The quantitative estimate of drug-likeness (QED) is 0.801. The molecule has 1 aromatic rings. The van der Waals surface area contributed by atoms with Gasteiger partial charge in [-0.05, 0) is 51.7 Å². The molecular formula is C15H23ClN2O2. The van der Waals surface area contributed by atoms with Crippen molar-refractivity contribution in [2.75, 3.05) is 38.6 Å². The number of rotatable bonds is 8. The van der Waals surface area contributed by atoms with E-state index in [9.17, 15) is 4.79 Å². The number of benzene rings is 1. The van der Waals surface area contributed by atoms with Crippen LogP contribution in [0.1, 0.15) is 18.4 Å². The van der Waals surface area contributed by atoms with Crippen LogP contribution in [-0.2, 0) is 4.79 Å². The molecule has 0 atom stereocenters. The lowest BCUT2D eigenvalue weighted by Crippen LogP contribution is -2.29. The Morgan fingerprint density at radius 3 is 2.50 bits per heavy atom. The zero-order chi connectivity index (χ0) is 15.1. The number of hydrogen-bond donors (Lipinski definition) is 1. The molecule has 0 bridgehead atoms. The fourth-order valence-electron chi connectivity index (χ4n) is 1.96. The second kappa shape index (κ2) is 8.12. The number of anilines is 1. The lowest BCUT2D eigenvalue weighted by Gasteiger charge is -2.25. The first-order chi connectivity index (χ1) is 9.40. The lowest BCUT2D eigenvalue weighted by molar-refractivity contribution is -0.136. The van der Waals surface area contributed by atoms with Crippen LogP contribution in [0.15, 0.2) is 18.2 Å². The molecule has 112 valence electrons. The number of aryl methyl sites for hydroxylation is 1. The van der Waals surface area contributed by atoms with Crippen molar-refractivity contribution in [1.82, 2.24) is 4.90 Å². The van der Waals surface area contributed by atoms with Gasteiger partial charge in [0.15, 0.2) is 0 Å². The van der Waals surface area contributed by atoms with Gasteiger partial charge in [0.1, 0.15) is 0 Å². The molecule has 0 aliphatic rings. The number of halogens is 1. The summed E-state index contributed by atoms with van der Waals surface area (Å²) in [5, 5.41) is 9.58. The van der Waals surface area contributed by atoms with Crippen molar-refractivity contribution in [3.05, 3.63) is 28.8 Å². The molecule has 0 aliphatic heterocycles. The minimum Gasteiger partial charge on any atom is -0.481 e. The first kappa shape index (κ1) is 16.8. The van der Waals surface area contributed by atoms with E-state index in [0.29, 0.717) is 6.54 Å². The highest BCUT2D eigenvalue weighted by Crippen LogP contribution is 2.23. The first-order valence-corrected chi connectivity index (χ1v) is 7.15. The summed E-state index contributed by atoms with van der Waals surface area (Å²) >= 11 is 6.15. The Kier molecular flexibility index (Phi) is 6.82. The van der Waals surface area contributed by atoms with E-state index >= 15 is 0 Å². The molecule has 0 saturated heterocycles. The van der Waals surface area contributed by atoms with Gasteiger partial charge in [0.25, 0.3) is 0 Å². The summed E-state index contributed by atoms with van der Waals surface area (Å²) in [6, 6.07) is 5.88. The molecule has 1 aromatic carbocycles. The van der Waals surface area contributed by atoms with Gasteiger partial charge in [-0.25, -0.2) is 0 Å². The highest BCUT2D eigenvalue weighted by atomic mass is 35.5. The van der Waals surface area contributed by atoms with Gasteiger partial charge in [-0.15, -0.1) is 0 Å². The average molecular weight is 299 g/mol. The van der Waals surface area contributed by atoms with Crippen LogP contribution < -0.4 is 4.90 Å². The molecule has 1 rings (SSSR count). The van der Waals surface area contributed by atoms with Crippen LogP contribution in [0.5, 0.6) is 0 Å². The van der Waals surface area contributed by atoms with Crippen molar-refractivity contribution in [3.8, 4) is 0 Å². The molecule has 0 fully saturated rings. The van der Waals surface area contributed by atoms with Crippen molar-refractivity contribution in [2.24, 2.45) is 0 Å². The van der Waals surface area contributed by atoms with Gasteiger partial charge in [-0.1, -0.05) is 17.7 Å². The normalized spacial score (nSPS) is 10.8. The van der Waals surface area contributed by atoms with Gasteiger partial charge in [0.2, 0.25) is 0 Å². The van der Waals surface area contributed by atoms with E-state index in [-0.39, 0.29) is 6.42 Å². The van der Waals surface area contributed by atoms with Gasteiger partial charge >= 0.3 is 5.97 Å². The third-order valence-electron chi connectivity index (χ3n) is 3.15. The predicted molar refractivity (Wildman–Crippen MR) is 83.8 cm³/mol. The van der Waals surface area contributed by atoms with Crippen LogP contribution in [0.4, 0.5) is 5.69 Å². The van der Waals surface area contributed by atoms with Crippen molar-refractivity contribution in [2.45, 2.75) is 19.8 Å². The Balaban J connectivity index is 2.73. The minimum atomic E-state index is -0.777. The zero-order valence-corrected chi connectivity index (χ0v) is 13.2. The summed E-state index contributed by atoms with van der Waals surface area (Å²) in [6.45, 7) is 4.26. The SMILES string of the molecule is Cc1ccc(N(CCCN(C)C)CCC(=O)O)cc1Cl. The van der Waals surface area contributed by atoms with Gasteiger partial charge in [-0.2, -0.15) is 0 Å². The highest BCUT2D eigenvalue weighted by Gasteiger charge is 2.10. The molecule has 0 heterocycles. The highest BCUT2D eigenvalue weighted by molar-refractivity contribution is 6.31. The second-order valence-electron chi connectivity index (χ2n) is 5.22. The molecule has 4 nitrogen and oxygen atoms in total. The molecule has 0 amide bonds. The summed E-state index contributed by atoms with van der Waals surface area (Å²) in [5.41, 5.74) is 2.02. The van der Waals surface area contributed by atoms with Crippen LogP contribution in [0.25, 0.3) is 0 Å². The van der Waals surface area contributed by atoms with Gasteiger partial charge < -0.3 is 14.9 Å². The molecule has 0 aliphatic carbocycles. The summed E-state index contributed by atoms with van der Waals surface area (Å²) in [4.78, 5) is 15.0. The molecule has 0 aromatic heterocycles. The maximum atomic E-state index is 10.8. The van der Waals surface area contributed by atoms with Crippen LogP contribution in [0.2, 0.25) is 5.02 Å². The third kappa shape index (κ3) is 5.80. The van der Waals surface area contributed by atoms with E-state index in [1.807, 2.05) is 39.2 Å². The Hall–Kier alpha value is -1.26. The molecule has 0 spiro atoms. The van der Waals surface area contributed by atoms with Gasteiger partial charge in [0, 0.05) is 23.8 Å². The largest absolute Gasteiger partial charge is 0.481 e. The van der Waals surface area contributed by atoms with Gasteiger partial charge in [0.05, 0.1) is 6.42 Å². The minimum absolute atomic E-state index is 0.132. The number of carbonyl (C=O) groups is 1. The maximum absolute atomic E-state index is 10.8. The summed E-state index contributed by atoms with van der Waals surface area (Å²) in [6.07, 6.45) is 1.12. The van der Waals surface area contributed by atoms with E-state index in [0.717, 1.165) is 35.8 Å². The van der Waals surface area contributed by atoms with E-state index in [2.05, 4.69) is 9.80 Å². The van der Waals surface area contributed by atoms with Crippen molar-refractivity contribution in [1.29, 1.82) is 0 Å². The van der Waals surface area contributed by atoms with E-state index < -0.39 is 5.97 Å². The van der Waals surface area contributed by atoms with Crippen LogP contribution in [-0.4, -0.2) is 49.7 Å². The lowest BCUT2D eigenvalue weighted by atomic mass is 10.2. The average Bonchev–Trinajstić information content (AvgIpc) is 2.36. The van der Waals surface area contributed by atoms with Crippen molar-refractivity contribution in [3.63, 3.8) is 0 Å². The summed E-state index contributed by atoms with van der Waals surface area (Å²) < 4.78 is 0. The van der Waals surface area contributed by atoms with Crippen molar-refractivity contribution >= 4 is 23.3 Å². The van der Waals surface area contributed by atoms with E-state index in [1.165, 1.54) is 0 Å². The number of hydrogen-bond acceptors (Lipinski definition) is 3. The van der Waals surface area contributed by atoms with Crippen LogP contribution in [0.3, 0.4) is 0 Å². The number of carboxylic acids is 1. The van der Waals surface area contributed by atoms with Crippen LogP contribution in [0, 0.1) is 6.92 Å². The molecule has 20 heavy (non-hydrogen) atoms. The second-order valence-corrected chi connectivity index (χ2v) is 5.63. The van der Waals surface area contributed by atoms with Gasteiger partial charge in [-0.3, -0.25) is 4.79 Å². The van der Waals surface area contributed by atoms with E-state index in [4.69, 9.17) is 16.7 Å². The number of nitrogens with zero attached hydrogens (tertiary/aromatic N) is 2. The Morgan fingerprint density at radius 2 is 1.95 bits per heavy atom. The smallest absolute Gasteiger partial charge is 0.305 e. The third-order valence-corrected chi connectivity index (χ3v) is 3.56. The predicted octanol–water partition coefficient (Wildman–Crippen LogP) is 2.88. The Bertz CT molecular complexity index is 449. The summed E-state index contributed by atoms with van der Waals surface area (Å²) in [7, 11) is 4.06. The molecule has 0 saturated carbocycles. The monoisotopic (exact) mass is 298 g/mol. The number of carboxylic acid groups (broad SMARTS) is 1. The molecule has 0 unspecified atom stereocenters. The topological polar surface area (TPSA) is 43.8 Å². The molecule has 1 N–H and O–H groups in total. The fraction of sp³-hybridized carbons (Fsp3) is 0.533. The standard InChI is InChI=1S/C15H23ClN2O2/c1-12-5-6-13(11-14(12)16)18(10-7-15(19)20)9-4-8-17(2)3/h5-6,11H,4,7-10H2,1-3H3,(H,19,20). The zero-order valence-electron chi connectivity index (χ0n) is 12.4. The number of aliphatic carboxylic acids is 1. The molecule has 5 heteroatoms. The Labute approximate surface area is 125 Å². The Morgan fingerprint density at radius 1 is 1.25 bits per heavy atom. The van der Waals surface area contributed by atoms with Crippen LogP contribution >= 0.6 is 11.6 Å². The van der Waals surface area contributed by atoms with E-state index in [1.54, 1.807) is 0 Å².